The summed E-state index contributed by atoms with van der Waals surface area (Å²) in [6.07, 6.45) is 4.09. The van der Waals surface area contributed by atoms with E-state index in [1.54, 1.807) is 7.11 Å². The molecule has 1 N–H and O–H groups in total. The minimum atomic E-state index is 0.0314. The fourth-order valence-corrected chi connectivity index (χ4v) is 4.07. The molecule has 0 spiro atoms. The van der Waals surface area contributed by atoms with E-state index in [0.29, 0.717) is 0 Å². The van der Waals surface area contributed by atoms with Gasteiger partial charge in [-0.2, -0.15) is 5.10 Å². The molecule has 1 aromatic heterocycles. The lowest BCUT2D eigenvalue weighted by Gasteiger charge is -2.32. The monoisotopic (exact) mass is 432 g/mol. The van der Waals surface area contributed by atoms with Crippen LogP contribution in [0, 0.1) is 5.92 Å². The lowest BCUT2D eigenvalue weighted by Crippen LogP contribution is -2.45. The van der Waals surface area contributed by atoms with E-state index < -0.39 is 0 Å². The Labute approximate surface area is 190 Å². The third-order valence-electron chi connectivity index (χ3n) is 6.03. The molecule has 2 aromatic carbocycles. The predicted octanol–water partition coefficient (Wildman–Crippen LogP) is 4.28. The first-order chi connectivity index (χ1) is 15.5. The van der Waals surface area contributed by atoms with Crippen LogP contribution in [0.4, 0.5) is 0 Å². The second-order valence-electron chi connectivity index (χ2n) is 8.73. The van der Waals surface area contributed by atoms with Crippen LogP contribution in [0.3, 0.4) is 0 Å². The second-order valence-corrected chi connectivity index (χ2v) is 8.73. The highest BCUT2D eigenvalue weighted by molar-refractivity contribution is 5.78. The highest BCUT2D eigenvalue weighted by Gasteiger charge is 2.23. The summed E-state index contributed by atoms with van der Waals surface area (Å²) in [5.74, 6) is 1.02. The zero-order valence-corrected chi connectivity index (χ0v) is 19.1. The molecule has 0 bridgehead atoms. The van der Waals surface area contributed by atoms with Crippen molar-refractivity contribution in [2.75, 3.05) is 20.2 Å². The number of nitrogens with one attached hydrogen (secondary N) is 1. The molecule has 1 aliphatic heterocycles. The van der Waals surface area contributed by atoms with Gasteiger partial charge in [-0.15, -0.1) is 0 Å². The van der Waals surface area contributed by atoms with Gasteiger partial charge in [0, 0.05) is 48.9 Å². The Balaban J connectivity index is 1.52. The zero-order valence-electron chi connectivity index (χ0n) is 19.1. The molecule has 1 saturated heterocycles. The van der Waals surface area contributed by atoms with Crippen LogP contribution in [-0.2, 0) is 11.3 Å². The van der Waals surface area contributed by atoms with Crippen molar-refractivity contribution in [2.24, 2.45) is 5.92 Å². The largest absolute Gasteiger partial charge is 0.497 e. The van der Waals surface area contributed by atoms with E-state index in [1.165, 1.54) is 5.56 Å². The average Bonchev–Trinajstić information content (AvgIpc) is 3.24. The summed E-state index contributed by atoms with van der Waals surface area (Å²) in [7, 11) is 1.68. The molecule has 1 amide bonds. The van der Waals surface area contributed by atoms with Gasteiger partial charge in [-0.05, 0) is 49.2 Å². The van der Waals surface area contributed by atoms with Crippen molar-refractivity contribution in [3.63, 3.8) is 0 Å². The van der Waals surface area contributed by atoms with Gasteiger partial charge in [0.2, 0.25) is 5.91 Å². The molecular formula is C26H32N4O2. The van der Waals surface area contributed by atoms with Crippen molar-refractivity contribution in [1.29, 1.82) is 0 Å². The van der Waals surface area contributed by atoms with Gasteiger partial charge >= 0.3 is 0 Å². The number of benzene rings is 2. The Kier molecular flexibility index (Phi) is 6.90. The first-order valence-corrected chi connectivity index (χ1v) is 11.3. The van der Waals surface area contributed by atoms with Crippen molar-refractivity contribution >= 4 is 5.91 Å². The molecule has 6 nitrogen and oxygen atoms in total. The number of likely N-dealkylation sites (tertiary alicyclic amines) is 1. The van der Waals surface area contributed by atoms with Gasteiger partial charge in [-0.1, -0.05) is 32.0 Å². The molecule has 3 aromatic rings. The van der Waals surface area contributed by atoms with Gasteiger partial charge in [0.25, 0.3) is 0 Å². The van der Waals surface area contributed by atoms with Crippen molar-refractivity contribution in [1.82, 2.24) is 20.0 Å². The maximum atomic E-state index is 12.0. The Morgan fingerprint density at radius 1 is 1.09 bits per heavy atom. The lowest BCUT2D eigenvalue weighted by molar-refractivity contribution is -0.125. The number of hydrogen-bond acceptors (Lipinski definition) is 4. The predicted molar refractivity (Wildman–Crippen MR) is 127 cm³/mol. The number of piperidine rings is 1. The van der Waals surface area contributed by atoms with Crippen molar-refractivity contribution < 1.29 is 9.53 Å². The van der Waals surface area contributed by atoms with Gasteiger partial charge in [-0.3, -0.25) is 9.69 Å². The Hall–Kier alpha value is -3.12. The fraction of sp³-hybridized carbons (Fsp3) is 0.385. The van der Waals surface area contributed by atoms with Crippen molar-refractivity contribution in [3.8, 4) is 22.7 Å². The number of amides is 1. The molecule has 32 heavy (non-hydrogen) atoms. The standard InChI is InChI=1S/C26H32N4O2/c1-19(2)26(31)27-22-13-15-29(16-14-22)17-21-18-30(23-7-5-4-6-8-23)28-25(21)20-9-11-24(32-3)12-10-20/h4-12,18-19,22H,13-17H2,1-3H3,(H,27,31). The maximum absolute atomic E-state index is 12.0. The molecule has 0 radical (unpaired) electrons. The van der Waals surface area contributed by atoms with E-state index in [4.69, 9.17) is 9.84 Å². The summed E-state index contributed by atoms with van der Waals surface area (Å²) in [6.45, 7) is 6.63. The summed E-state index contributed by atoms with van der Waals surface area (Å²) in [5, 5.41) is 8.12. The van der Waals surface area contributed by atoms with Crippen molar-refractivity contribution in [2.45, 2.75) is 39.3 Å². The number of aromatic nitrogens is 2. The first kappa shape index (κ1) is 22.1. The minimum Gasteiger partial charge on any atom is -0.497 e. The number of nitrogens with zero attached hydrogens (tertiary/aromatic N) is 3. The van der Waals surface area contributed by atoms with Crippen LogP contribution in [0.15, 0.2) is 60.8 Å². The Morgan fingerprint density at radius 3 is 2.41 bits per heavy atom. The smallest absolute Gasteiger partial charge is 0.222 e. The van der Waals surface area contributed by atoms with E-state index in [2.05, 4.69) is 40.7 Å². The van der Waals surface area contributed by atoms with Gasteiger partial charge in [0.1, 0.15) is 5.75 Å². The number of ether oxygens (including phenoxy) is 1. The van der Waals surface area contributed by atoms with E-state index in [1.807, 2.05) is 48.9 Å². The summed E-state index contributed by atoms with van der Waals surface area (Å²) in [4.78, 5) is 14.5. The van der Waals surface area contributed by atoms with Crippen LogP contribution in [-0.4, -0.2) is 46.8 Å². The SMILES string of the molecule is COc1ccc(-c2nn(-c3ccccc3)cc2CN2CCC(NC(=O)C(C)C)CC2)cc1. The molecule has 1 aliphatic rings. The molecule has 0 atom stereocenters. The normalized spacial score (nSPS) is 15.1. The van der Waals surface area contributed by atoms with Crippen LogP contribution in [0.2, 0.25) is 0 Å². The highest BCUT2D eigenvalue weighted by atomic mass is 16.5. The van der Waals surface area contributed by atoms with Crippen LogP contribution in [0.5, 0.6) is 5.75 Å². The molecule has 6 heteroatoms. The number of methoxy groups -OCH3 is 1. The third-order valence-corrected chi connectivity index (χ3v) is 6.03. The molecule has 0 unspecified atom stereocenters. The maximum Gasteiger partial charge on any atom is 0.222 e. The highest BCUT2D eigenvalue weighted by Crippen LogP contribution is 2.27. The number of carbonyl (C=O) groups is 1. The summed E-state index contributed by atoms with van der Waals surface area (Å²) < 4.78 is 7.28. The van der Waals surface area contributed by atoms with E-state index >= 15 is 0 Å². The molecule has 0 aliphatic carbocycles. The number of carbonyl (C=O) groups excluding carboxylic acids is 1. The number of rotatable bonds is 7. The Morgan fingerprint density at radius 2 is 1.78 bits per heavy atom. The third kappa shape index (κ3) is 5.19. The number of para-hydroxylation sites is 1. The molecular weight excluding hydrogens is 400 g/mol. The van der Waals surface area contributed by atoms with E-state index in [0.717, 1.165) is 55.2 Å². The van der Waals surface area contributed by atoms with Gasteiger partial charge in [0.05, 0.1) is 18.5 Å². The average molecular weight is 433 g/mol. The molecule has 168 valence electrons. The lowest BCUT2D eigenvalue weighted by atomic mass is 10.0. The van der Waals surface area contributed by atoms with Crippen LogP contribution >= 0.6 is 0 Å². The van der Waals surface area contributed by atoms with Crippen LogP contribution < -0.4 is 10.1 Å². The first-order valence-electron chi connectivity index (χ1n) is 11.3. The zero-order chi connectivity index (χ0) is 22.5. The minimum absolute atomic E-state index is 0.0314. The van der Waals surface area contributed by atoms with Crippen LogP contribution in [0.25, 0.3) is 16.9 Å². The fourth-order valence-electron chi connectivity index (χ4n) is 4.07. The summed E-state index contributed by atoms with van der Waals surface area (Å²) in [5.41, 5.74) is 4.31. The van der Waals surface area contributed by atoms with Gasteiger partial charge < -0.3 is 10.1 Å². The number of hydrogen-bond donors (Lipinski definition) is 1. The van der Waals surface area contributed by atoms with E-state index in [-0.39, 0.29) is 17.9 Å². The van der Waals surface area contributed by atoms with Gasteiger partial charge in [-0.25, -0.2) is 4.68 Å². The summed E-state index contributed by atoms with van der Waals surface area (Å²) in [6, 6.07) is 18.6. The molecule has 1 fully saturated rings. The Bertz CT molecular complexity index is 1020. The second kappa shape index (κ2) is 10.0. The molecule has 0 saturated carbocycles. The molecule has 2 heterocycles. The van der Waals surface area contributed by atoms with Crippen LogP contribution in [0.1, 0.15) is 32.3 Å². The van der Waals surface area contributed by atoms with Crippen molar-refractivity contribution in [3.05, 3.63) is 66.4 Å². The van der Waals surface area contributed by atoms with E-state index in [9.17, 15) is 4.79 Å². The summed E-state index contributed by atoms with van der Waals surface area (Å²) >= 11 is 0. The topological polar surface area (TPSA) is 59.4 Å². The molecule has 4 rings (SSSR count). The quantitative estimate of drug-likeness (QED) is 0.605. The van der Waals surface area contributed by atoms with Gasteiger partial charge in [0.15, 0.2) is 0 Å².